The third-order valence-electron chi connectivity index (χ3n) is 4.78. The van der Waals surface area contributed by atoms with Crippen LogP contribution in [0.4, 0.5) is 19.0 Å². The van der Waals surface area contributed by atoms with E-state index in [0.717, 1.165) is 0 Å². The normalized spacial score (nSPS) is 11.8. The molecule has 1 heterocycles. The SMILES string of the molecule is CCS(=O)(=O)c1ccc(CC(=O)Nc2ccc(-c3ccccc3OC(F)(F)F)c(C)n2)cc1. The lowest BCUT2D eigenvalue weighted by Gasteiger charge is -2.15. The molecule has 3 rings (SSSR count). The zero-order chi connectivity index (χ0) is 24.2. The summed E-state index contributed by atoms with van der Waals surface area (Å²) in [6.07, 6.45) is -4.83. The number of pyridine rings is 1. The van der Waals surface area contributed by atoms with E-state index in [2.05, 4.69) is 15.0 Å². The van der Waals surface area contributed by atoms with Gasteiger partial charge in [0.05, 0.1) is 17.1 Å². The molecule has 0 bridgehead atoms. The van der Waals surface area contributed by atoms with Crippen molar-refractivity contribution < 1.29 is 31.1 Å². The highest BCUT2D eigenvalue weighted by Crippen LogP contribution is 2.35. The van der Waals surface area contributed by atoms with Gasteiger partial charge in [0, 0.05) is 16.8 Å². The summed E-state index contributed by atoms with van der Waals surface area (Å²) in [5, 5.41) is 2.64. The number of nitrogens with zero attached hydrogens (tertiary/aromatic N) is 1. The van der Waals surface area contributed by atoms with Gasteiger partial charge in [0.1, 0.15) is 11.6 Å². The molecule has 0 aliphatic rings. The number of alkyl halides is 3. The van der Waals surface area contributed by atoms with Crippen LogP contribution in [0.1, 0.15) is 18.2 Å². The average Bonchev–Trinajstić information content (AvgIpc) is 2.74. The number of anilines is 1. The maximum absolute atomic E-state index is 12.7. The number of para-hydroxylation sites is 1. The minimum absolute atomic E-state index is 0.00279. The van der Waals surface area contributed by atoms with Crippen molar-refractivity contribution >= 4 is 21.6 Å². The summed E-state index contributed by atoms with van der Waals surface area (Å²) < 4.78 is 66.0. The second-order valence-electron chi connectivity index (χ2n) is 7.15. The van der Waals surface area contributed by atoms with Crippen molar-refractivity contribution in [2.45, 2.75) is 31.5 Å². The largest absolute Gasteiger partial charge is 0.573 e. The van der Waals surface area contributed by atoms with Crippen LogP contribution in [0.3, 0.4) is 0 Å². The van der Waals surface area contributed by atoms with Gasteiger partial charge < -0.3 is 10.1 Å². The highest BCUT2D eigenvalue weighted by atomic mass is 32.2. The van der Waals surface area contributed by atoms with E-state index in [9.17, 15) is 26.4 Å². The van der Waals surface area contributed by atoms with E-state index in [1.54, 1.807) is 38.1 Å². The standard InChI is InChI=1S/C23H21F3N2O4S/c1-3-33(30,31)17-10-8-16(9-11-17)14-22(29)28-21-13-12-18(15(2)27-21)19-6-4-5-7-20(19)32-23(24,25)26/h4-13H,3,14H2,1-2H3,(H,27,28,29). The van der Waals surface area contributed by atoms with Crippen LogP contribution in [0, 0.1) is 6.92 Å². The summed E-state index contributed by atoms with van der Waals surface area (Å²) in [4.78, 5) is 16.9. The molecule has 0 spiro atoms. The number of carbonyl (C=O) groups is 1. The molecule has 0 atom stereocenters. The number of sulfone groups is 1. The van der Waals surface area contributed by atoms with Crippen LogP contribution in [0.15, 0.2) is 65.6 Å². The van der Waals surface area contributed by atoms with Gasteiger partial charge >= 0.3 is 6.36 Å². The van der Waals surface area contributed by atoms with Gasteiger partial charge in [-0.2, -0.15) is 0 Å². The van der Waals surface area contributed by atoms with Gasteiger partial charge in [0.15, 0.2) is 9.84 Å². The molecule has 3 aromatic rings. The molecule has 0 unspecified atom stereocenters. The molecular weight excluding hydrogens is 457 g/mol. The first-order valence-corrected chi connectivity index (χ1v) is 11.6. The lowest BCUT2D eigenvalue weighted by Crippen LogP contribution is -2.18. The molecular formula is C23H21F3N2O4S. The molecule has 2 aromatic carbocycles. The quantitative estimate of drug-likeness (QED) is 0.521. The summed E-state index contributed by atoms with van der Waals surface area (Å²) in [6, 6.07) is 14.8. The van der Waals surface area contributed by atoms with E-state index in [4.69, 9.17) is 0 Å². The fourth-order valence-electron chi connectivity index (χ4n) is 3.17. The van der Waals surface area contributed by atoms with Crippen LogP contribution in [0.2, 0.25) is 0 Å². The summed E-state index contributed by atoms with van der Waals surface area (Å²) in [5.74, 6) is -0.497. The van der Waals surface area contributed by atoms with Crippen molar-refractivity contribution in [2.75, 3.05) is 11.1 Å². The van der Waals surface area contributed by atoms with Gasteiger partial charge in [-0.1, -0.05) is 37.3 Å². The first kappa shape index (κ1) is 24.2. The van der Waals surface area contributed by atoms with E-state index in [-0.39, 0.29) is 40.1 Å². The minimum atomic E-state index is -4.83. The monoisotopic (exact) mass is 478 g/mol. The van der Waals surface area contributed by atoms with Gasteiger partial charge in [-0.25, -0.2) is 13.4 Å². The van der Waals surface area contributed by atoms with Crippen LogP contribution >= 0.6 is 0 Å². The maximum Gasteiger partial charge on any atom is 0.573 e. The molecule has 1 amide bonds. The second kappa shape index (κ2) is 9.62. The molecule has 0 fully saturated rings. The minimum Gasteiger partial charge on any atom is -0.405 e. The Morgan fingerprint density at radius 3 is 2.27 bits per heavy atom. The zero-order valence-electron chi connectivity index (χ0n) is 17.8. The highest BCUT2D eigenvalue weighted by Gasteiger charge is 2.32. The van der Waals surface area contributed by atoms with Crippen LogP contribution < -0.4 is 10.1 Å². The number of halogens is 3. The molecule has 33 heavy (non-hydrogen) atoms. The third kappa shape index (κ3) is 6.32. The molecule has 0 saturated carbocycles. The number of aryl methyl sites for hydroxylation is 1. The molecule has 0 saturated heterocycles. The van der Waals surface area contributed by atoms with Gasteiger partial charge in [-0.3, -0.25) is 4.79 Å². The van der Waals surface area contributed by atoms with E-state index < -0.39 is 16.2 Å². The highest BCUT2D eigenvalue weighted by molar-refractivity contribution is 7.91. The summed E-state index contributed by atoms with van der Waals surface area (Å²) >= 11 is 0. The average molecular weight is 478 g/mol. The van der Waals surface area contributed by atoms with E-state index >= 15 is 0 Å². The lowest BCUT2D eigenvalue weighted by molar-refractivity contribution is -0.274. The van der Waals surface area contributed by atoms with Crippen molar-refractivity contribution in [2.24, 2.45) is 0 Å². The predicted molar refractivity (Wildman–Crippen MR) is 118 cm³/mol. The number of carbonyl (C=O) groups excluding carboxylic acids is 1. The van der Waals surface area contributed by atoms with E-state index in [1.165, 1.54) is 36.4 Å². The Bertz CT molecular complexity index is 1260. The predicted octanol–water partition coefficient (Wildman–Crippen LogP) is 4.93. The molecule has 174 valence electrons. The Hall–Kier alpha value is -3.40. The number of hydrogen-bond donors (Lipinski definition) is 1. The first-order valence-electron chi connectivity index (χ1n) is 9.93. The third-order valence-corrected chi connectivity index (χ3v) is 6.53. The topological polar surface area (TPSA) is 85.4 Å². The van der Waals surface area contributed by atoms with Crippen molar-refractivity contribution in [3.05, 3.63) is 71.9 Å². The van der Waals surface area contributed by atoms with Gasteiger partial charge in [0.2, 0.25) is 5.91 Å². The number of amides is 1. The van der Waals surface area contributed by atoms with Gasteiger partial charge in [-0.15, -0.1) is 13.2 Å². The molecule has 10 heteroatoms. The Morgan fingerprint density at radius 1 is 1.00 bits per heavy atom. The van der Waals surface area contributed by atoms with Crippen molar-refractivity contribution in [3.8, 4) is 16.9 Å². The number of nitrogens with one attached hydrogen (secondary N) is 1. The summed E-state index contributed by atoms with van der Waals surface area (Å²) in [5.41, 5.74) is 1.68. The van der Waals surface area contributed by atoms with Crippen molar-refractivity contribution in [3.63, 3.8) is 0 Å². The Morgan fingerprint density at radius 2 is 1.67 bits per heavy atom. The number of rotatable bonds is 7. The summed E-state index contributed by atoms with van der Waals surface area (Å²) in [7, 11) is -3.32. The molecule has 6 nitrogen and oxygen atoms in total. The van der Waals surface area contributed by atoms with Crippen LogP contribution in [-0.4, -0.2) is 31.4 Å². The molecule has 0 aliphatic heterocycles. The fourth-order valence-corrected chi connectivity index (χ4v) is 4.06. The molecule has 0 radical (unpaired) electrons. The lowest BCUT2D eigenvalue weighted by atomic mass is 10.0. The van der Waals surface area contributed by atoms with Crippen LogP contribution in [0.5, 0.6) is 5.75 Å². The van der Waals surface area contributed by atoms with Crippen molar-refractivity contribution in [1.29, 1.82) is 0 Å². The molecule has 1 N–H and O–H groups in total. The summed E-state index contributed by atoms with van der Waals surface area (Å²) in [6.45, 7) is 3.17. The maximum atomic E-state index is 12.7. The first-order chi connectivity index (χ1) is 15.5. The number of benzene rings is 2. The Kier molecular flexibility index (Phi) is 7.06. The van der Waals surface area contributed by atoms with Crippen LogP contribution in [0.25, 0.3) is 11.1 Å². The zero-order valence-corrected chi connectivity index (χ0v) is 18.6. The van der Waals surface area contributed by atoms with Gasteiger partial charge in [0.25, 0.3) is 0 Å². The van der Waals surface area contributed by atoms with Crippen LogP contribution in [-0.2, 0) is 21.1 Å². The number of hydrogen-bond acceptors (Lipinski definition) is 5. The van der Waals surface area contributed by atoms with E-state index in [0.29, 0.717) is 16.8 Å². The molecule has 0 aliphatic carbocycles. The number of ether oxygens (including phenoxy) is 1. The molecule has 1 aromatic heterocycles. The van der Waals surface area contributed by atoms with Crippen molar-refractivity contribution in [1.82, 2.24) is 4.98 Å². The van der Waals surface area contributed by atoms with Gasteiger partial charge in [-0.05, 0) is 42.8 Å². The Balaban J connectivity index is 1.73. The fraction of sp³-hybridized carbons (Fsp3) is 0.217. The Labute approximate surface area is 189 Å². The van der Waals surface area contributed by atoms with E-state index in [1.807, 2.05) is 0 Å². The second-order valence-corrected chi connectivity index (χ2v) is 9.42. The smallest absolute Gasteiger partial charge is 0.405 e. The number of aromatic nitrogens is 1.